The summed E-state index contributed by atoms with van der Waals surface area (Å²) in [6.45, 7) is 4.46. The van der Waals surface area contributed by atoms with E-state index in [1.165, 1.54) is 6.92 Å². The van der Waals surface area contributed by atoms with E-state index in [4.69, 9.17) is 10.5 Å². The van der Waals surface area contributed by atoms with Gasteiger partial charge in [0.15, 0.2) is 5.75 Å². The zero-order chi connectivity index (χ0) is 15.3. The third-order valence-corrected chi connectivity index (χ3v) is 3.76. The van der Waals surface area contributed by atoms with Crippen LogP contribution in [-0.2, 0) is 10.2 Å². The number of carbonyl (C=O) groups excluding carboxylic acids is 1. The molecule has 4 nitrogen and oxygen atoms in total. The van der Waals surface area contributed by atoms with Gasteiger partial charge in [-0.3, -0.25) is 4.79 Å². The molecule has 0 fully saturated rings. The smallest absolute Gasteiger partial charge is 0.417 e. The molecule has 2 heterocycles. The molecule has 8 heteroatoms. The molecule has 1 amide bonds. The van der Waals surface area contributed by atoms with E-state index in [0.29, 0.717) is 0 Å². The molecule has 2 N–H and O–H groups in total. The van der Waals surface area contributed by atoms with E-state index >= 15 is 0 Å². The minimum Gasteiger partial charge on any atom is -0.489 e. The summed E-state index contributed by atoms with van der Waals surface area (Å²) in [5.74, 6) is -0.456. The second kappa shape index (κ2) is 4.47. The monoisotopic (exact) mass is 350 g/mol. The van der Waals surface area contributed by atoms with Crippen molar-refractivity contribution in [2.45, 2.75) is 18.5 Å². The summed E-state index contributed by atoms with van der Waals surface area (Å²) in [6.07, 6.45) is -4.61. The van der Waals surface area contributed by atoms with Gasteiger partial charge in [0.25, 0.3) is 0 Å². The lowest BCUT2D eigenvalue weighted by Gasteiger charge is -2.19. The maximum atomic E-state index is 12.7. The molecule has 1 atom stereocenters. The van der Waals surface area contributed by atoms with Gasteiger partial charge in [-0.1, -0.05) is 6.58 Å². The van der Waals surface area contributed by atoms with Gasteiger partial charge >= 0.3 is 6.18 Å². The fourth-order valence-electron chi connectivity index (χ4n) is 1.85. The quantitative estimate of drug-likeness (QED) is 0.833. The fraction of sp³-hybridized carbons (Fsp3) is 0.333. The van der Waals surface area contributed by atoms with Crippen LogP contribution in [0.4, 0.5) is 13.2 Å². The van der Waals surface area contributed by atoms with Crippen LogP contribution in [0.3, 0.4) is 0 Å². The molecular formula is C12H10BrF3N2O2. The first-order valence-corrected chi connectivity index (χ1v) is 6.27. The molecule has 108 valence electrons. The fourth-order valence-corrected chi connectivity index (χ4v) is 2.37. The van der Waals surface area contributed by atoms with E-state index in [1.54, 1.807) is 0 Å². The van der Waals surface area contributed by atoms with Crippen LogP contribution < -0.4 is 10.5 Å². The lowest BCUT2D eigenvalue weighted by atomic mass is 9.84. The first-order valence-electron chi connectivity index (χ1n) is 5.47. The molecule has 0 saturated carbocycles. The van der Waals surface area contributed by atoms with Crippen molar-refractivity contribution in [3.05, 3.63) is 28.5 Å². The number of aromatic nitrogens is 1. The molecule has 0 radical (unpaired) electrons. The topological polar surface area (TPSA) is 65.2 Å². The van der Waals surface area contributed by atoms with Gasteiger partial charge in [0.05, 0.1) is 11.3 Å². The molecule has 1 aromatic rings. The molecule has 1 unspecified atom stereocenters. The number of rotatable bonds is 2. The molecule has 0 spiro atoms. The number of carbonyl (C=O) groups is 1. The highest BCUT2D eigenvalue weighted by Gasteiger charge is 2.44. The first kappa shape index (κ1) is 14.8. The second-order valence-electron chi connectivity index (χ2n) is 4.64. The Bertz CT molecular complexity index is 615. The van der Waals surface area contributed by atoms with Crippen LogP contribution in [0.1, 0.15) is 18.2 Å². The molecule has 2 rings (SSSR count). The van der Waals surface area contributed by atoms with Crippen LogP contribution in [0.5, 0.6) is 5.75 Å². The molecule has 1 aliphatic heterocycles. The number of primary amides is 1. The average Bonchev–Trinajstić information content (AvgIpc) is 2.67. The Kier molecular flexibility index (Phi) is 3.32. The summed E-state index contributed by atoms with van der Waals surface area (Å²) in [5.41, 5.74) is 2.92. The number of fused-ring (bicyclic) bond motifs is 1. The number of amides is 1. The average molecular weight is 351 g/mol. The summed E-state index contributed by atoms with van der Waals surface area (Å²) in [7, 11) is 0. The molecular weight excluding hydrogens is 341 g/mol. The molecule has 0 aromatic carbocycles. The molecule has 0 bridgehead atoms. The van der Waals surface area contributed by atoms with Gasteiger partial charge in [0, 0.05) is 5.56 Å². The van der Waals surface area contributed by atoms with Crippen molar-refractivity contribution in [3.63, 3.8) is 0 Å². The predicted octanol–water partition coefficient (Wildman–Crippen LogP) is 2.55. The highest BCUT2D eigenvalue weighted by Crippen LogP contribution is 2.44. The predicted molar refractivity (Wildman–Crippen MR) is 69.1 cm³/mol. The zero-order valence-corrected chi connectivity index (χ0v) is 11.9. The number of alkyl halides is 3. The Morgan fingerprint density at radius 1 is 1.60 bits per heavy atom. The third-order valence-electron chi connectivity index (χ3n) is 3.23. The van der Waals surface area contributed by atoms with E-state index in [-0.39, 0.29) is 28.2 Å². The van der Waals surface area contributed by atoms with Crippen molar-refractivity contribution in [1.29, 1.82) is 0 Å². The molecule has 0 saturated heterocycles. The van der Waals surface area contributed by atoms with Gasteiger partial charge in [0.1, 0.15) is 16.6 Å². The highest BCUT2D eigenvalue weighted by molar-refractivity contribution is 9.10. The number of halogens is 4. The minimum atomic E-state index is -4.61. The van der Waals surface area contributed by atoms with Crippen molar-refractivity contribution in [2.24, 2.45) is 5.73 Å². The Hall–Kier alpha value is -1.57. The summed E-state index contributed by atoms with van der Waals surface area (Å²) >= 11 is 3.04. The van der Waals surface area contributed by atoms with Crippen molar-refractivity contribution in [1.82, 2.24) is 4.98 Å². The summed E-state index contributed by atoms with van der Waals surface area (Å²) in [4.78, 5) is 15.3. The number of hydrogen-bond acceptors (Lipinski definition) is 3. The van der Waals surface area contributed by atoms with Crippen LogP contribution >= 0.6 is 15.9 Å². The van der Waals surface area contributed by atoms with E-state index < -0.39 is 23.1 Å². The number of hydrogen-bond donors (Lipinski definition) is 1. The minimum absolute atomic E-state index is 0.0418. The van der Waals surface area contributed by atoms with E-state index in [9.17, 15) is 18.0 Å². The first-order chi connectivity index (χ1) is 9.07. The number of allylic oxidation sites excluding steroid dienone is 1. The number of nitrogens with zero attached hydrogens (tertiary/aromatic N) is 1. The van der Waals surface area contributed by atoms with Crippen LogP contribution in [0.15, 0.2) is 17.2 Å². The Labute approximate surface area is 120 Å². The molecule has 1 aliphatic rings. The van der Waals surface area contributed by atoms with Crippen molar-refractivity contribution < 1.29 is 22.7 Å². The molecule has 1 aromatic heterocycles. The lowest BCUT2D eigenvalue weighted by Crippen LogP contribution is -2.39. The van der Waals surface area contributed by atoms with E-state index in [0.717, 1.165) is 6.07 Å². The largest absolute Gasteiger partial charge is 0.489 e. The van der Waals surface area contributed by atoms with Crippen LogP contribution in [0.2, 0.25) is 0 Å². The summed E-state index contributed by atoms with van der Waals surface area (Å²) in [5, 5.41) is 0. The van der Waals surface area contributed by atoms with Crippen LogP contribution in [0, 0.1) is 0 Å². The maximum absolute atomic E-state index is 12.7. The van der Waals surface area contributed by atoms with E-state index in [1.807, 2.05) is 0 Å². The van der Waals surface area contributed by atoms with Gasteiger partial charge in [0.2, 0.25) is 5.91 Å². The van der Waals surface area contributed by atoms with Gasteiger partial charge in [-0.05, 0) is 28.9 Å². The molecule has 0 aliphatic carbocycles. The number of ether oxygens (including phenoxy) is 1. The van der Waals surface area contributed by atoms with E-state index in [2.05, 4.69) is 27.5 Å². The number of pyridine rings is 1. The van der Waals surface area contributed by atoms with Gasteiger partial charge in [-0.15, -0.1) is 0 Å². The zero-order valence-electron chi connectivity index (χ0n) is 10.3. The van der Waals surface area contributed by atoms with Gasteiger partial charge < -0.3 is 10.5 Å². The maximum Gasteiger partial charge on any atom is 0.417 e. The Balaban J connectivity index is 2.61. The van der Waals surface area contributed by atoms with Crippen molar-refractivity contribution in [3.8, 4) is 5.75 Å². The number of nitrogens with two attached hydrogens (primary N) is 1. The highest BCUT2D eigenvalue weighted by atomic mass is 79.9. The van der Waals surface area contributed by atoms with Gasteiger partial charge in [-0.25, -0.2) is 4.98 Å². The summed E-state index contributed by atoms with van der Waals surface area (Å²) in [6, 6.07) is 1.15. The summed E-state index contributed by atoms with van der Waals surface area (Å²) < 4.78 is 43.5. The van der Waals surface area contributed by atoms with Gasteiger partial charge in [-0.2, -0.15) is 13.2 Å². The second-order valence-corrected chi connectivity index (χ2v) is 5.39. The Morgan fingerprint density at radius 2 is 2.20 bits per heavy atom. The Morgan fingerprint density at radius 3 is 2.70 bits per heavy atom. The van der Waals surface area contributed by atoms with Crippen molar-refractivity contribution >= 4 is 27.4 Å². The lowest BCUT2D eigenvalue weighted by molar-refractivity contribution is -0.123. The van der Waals surface area contributed by atoms with Crippen LogP contribution in [-0.4, -0.2) is 23.7 Å². The van der Waals surface area contributed by atoms with Crippen molar-refractivity contribution in [2.75, 3.05) is 6.61 Å². The standard InChI is InChI=1S/C12H10BrF3N2O2/c1-5(12(14,15)16)7-3-6-8(9(13)18-7)20-4-11(6,2)10(17)19/h3H,1,4H2,2H3,(H2,17,19). The van der Waals surface area contributed by atoms with Crippen LogP contribution in [0.25, 0.3) is 5.57 Å². The molecule has 20 heavy (non-hydrogen) atoms. The SMILES string of the molecule is C=C(c1cc2c(c(Br)n1)OCC2(C)C(N)=O)C(F)(F)F. The third kappa shape index (κ3) is 2.17. The normalized spacial score (nSPS) is 21.2.